The normalized spacial score (nSPS) is 25.2. The predicted molar refractivity (Wildman–Crippen MR) is 107 cm³/mol. The van der Waals surface area contributed by atoms with Crippen molar-refractivity contribution in [3.63, 3.8) is 0 Å². The van der Waals surface area contributed by atoms with Crippen LogP contribution in [0.25, 0.3) is 0 Å². The van der Waals surface area contributed by atoms with Gasteiger partial charge in [-0.15, -0.1) is 0 Å². The summed E-state index contributed by atoms with van der Waals surface area (Å²) in [5.74, 6) is -2.45. The molecule has 3 aliphatic heterocycles. The Morgan fingerprint density at radius 3 is 2.77 bits per heavy atom. The smallest absolute Gasteiger partial charge is 0.266 e. The van der Waals surface area contributed by atoms with Gasteiger partial charge in [0.15, 0.2) is 0 Å². The molecular formula is C20H30F2N6O3. The molecule has 0 aromatic carbocycles. The molecule has 11 heteroatoms. The van der Waals surface area contributed by atoms with E-state index in [-0.39, 0.29) is 37.2 Å². The summed E-state index contributed by atoms with van der Waals surface area (Å²) >= 11 is 0. The van der Waals surface area contributed by atoms with Gasteiger partial charge in [0.1, 0.15) is 6.04 Å². The average Bonchev–Trinajstić information content (AvgIpc) is 3.40. The number of hydrogen-bond donors (Lipinski definition) is 1. The lowest BCUT2D eigenvalue weighted by Gasteiger charge is -2.34. The molecule has 2 atom stereocenters. The van der Waals surface area contributed by atoms with Gasteiger partial charge in [0, 0.05) is 51.5 Å². The van der Waals surface area contributed by atoms with E-state index in [1.807, 2.05) is 0 Å². The summed E-state index contributed by atoms with van der Waals surface area (Å²) in [6.45, 7) is 1.66. The van der Waals surface area contributed by atoms with Crippen molar-refractivity contribution >= 4 is 17.8 Å². The zero-order valence-corrected chi connectivity index (χ0v) is 17.6. The Morgan fingerprint density at radius 2 is 2.00 bits per heavy atom. The fraction of sp³-hybridized carbons (Fsp3) is 0.800. The third-order valence-corrected chi connectivity index (χ3v) is 6.30. The first kappa shape index (κ1) is 21.9. The first-order valence-corrected chi connectivity index (χ1v) is 11.1. The van der Waals surface area contributed by atoms with Crippen molar-refractivity contribution in [3.8, 4) is 0 Å². The van der Waals surface area contributed by atoms with Crippen LogP contribution in [-0.2, 0) is 9.59 Å². The highest BCUT2D eigenvalue weighted by molar-refractivity contribution is 5.79. The average molecular weight is 440 g/mol. The van der Waals surface area contributed by atoms with Crippen LogP contribution < -0.4 is 10.6 Å². The van der Waals surface area contributed by atoms with Crippen molar-refractivity contribution in [2.24, 2.45) is 5.73 Å². The van der Waals surface area contributed by atoms with Crippen molar-refractivity contribution in [2.75, 3.05) is 37.6 Å². The van der Waals surface area contributed by atoms with Gasteiger partial charge in [-0.05, 0) is 37.3 Å². The topological polar surface area (TPSA) is 109 Å². The van der Waals surface area contributed by atoms with Gasteiger partial charge >= 0.3 is 0 Å². The van der Waals surface area contributed by atoms with E-state index in [4.69, 9.17) is 10.3 Å². The van der Waals surface area contributed by atoms with Crippen LogP contribution in [0.2, 0.25) is 0 Å². The molecule has 3 saturated heterocycles. The maximum absolute atomic E-state index is 13.6. The number of aromatic nitrogens is 2. The van der Waals surface area contributed by atoms with Gasteiger partial charge in [-0.25, -0.2) is 8.78 Å². The lowest BCUT2D eigenvalue weighted by molar-refractivity contribution is -0.148. The van der Waals surface area contributed by atoms with Crippen molar-refractivity contribution < 1.29 is 22.9 Å². The first-order chi connectivity index (χ1) is 14.8. The summed E-state index contributed by atoms with van der Waals surface area (Å²) in [6, 6.07) is -1.01. The molecule has 0 saturated carbocycles. The van der Waals surface area contributed by atoms with Crippen LogP contribution in [0.15, 0.2) is 4.52 Å². The quantitative estimate of drug-likeness (QED) is 0.717. The zero-order valence-electron chi connectivity index (χ0n) is 17.6. The highest BCUT2D eigenvalue weighted by Crippen LogP contribution is 2.33. The highest BCUT2D eigenvalue weighted by Gasteiger charge is 2.40. The lowest BCUT2D eigenvalue weighted by atomic mass is 10.0. The molecule has 4 heterocycles. The van der Waals surface area contributed by atoms with Gasteiger partial charge in [-0.3, -0.25) is 9.59 Å². The van der Waals surface area contributed by atoms with Crippen LogP contribution in [0.1, 0.15) is 63.3 Å². The monoisotopic (exact) mass is 440 g/mol. The fourth-order valence-corrected chi connectivity index (χ4v) is 4.66. The molecule has 1 aromatic heterocycles. The Morgan fingerprint density at radius 1 is 1.23 bits per heavy atom. The van der Waals surface area contributed by atoms with Crippen LogP contribution >= 0.6 is 0 Å². The molecular weight excluding hydrogens is 410 g/mol. The van der Waals surface area contributed by atoms with E-state index in [1.54, 1.807) is 4.90 Å². The number of likely N-dealkylation sites (tertiary alicyclic amines) is 2. The van der Waals surface area contributed by atoms with E-state index in [1.165, 1.54) is 6.42 Å². The van der Waals surface area contributed by atoms with E-state index < -0.39 is 24.9 Å². The van der Waals surface area contributed by atoms with E-state index in [9.17, 15) is 18.4 Å². The van der Waals surface area contributed by atoms with Gasteiger partial charge in [-0.1, -0.05) is 0 Å². The van der Waals surface area contributed by atoms with Gasteiger partial charge in [0.25, 0.3) is 17.8 Å². The molecule has 0 bridgehead atoms. The molecule has 3 aliphatic rings. The van der Waals surface area contributed by atoms with Crippen LogP contribution in [-0.4, -0.2) is 76.4 Å². The zero-order chi connectivity index (χ0) is 22.0. The Bertz CT molecular complexity index is 798. The number of nitrogens with two attached hydrogens (primary N) is 1. The molecule has 0 radical (unpaired) electrons. The molecule has 0 aliphatic carbocycles. The maximum atomic E-state index is 13.6. The number of carbonyl (C=O) groups excluding carboxylic acids is 2. The van der Waals surface area contributed by atoms with Crippen LogP contribution in [0.3, 0.4) is 0 Å². The van der Waals surface area contributed by atoms with Gasteiger partial charge < -0.3 is 25.0 Å². The van der Waals surface area contributed by atoms with Crippen molar-refractivity contribution in [1.29, 1.82) is 0 Å². The molecule has 0 spiro atoms. The standard InChI is InChI=1S/C20H30F2N6O3/c21-20(22)7-6-16(29)27(13-20)12-14(23)11-17(30)28-10-4-5-15(28)18-24-19(25-31-18)26-8-2-1-3-9-26/h14-15H,1-13,23H2/t14-,15-/m0/s1. The fourth-order valence-electron chi connectivity index (χ4n) is 4.66. The number of amides is 2. The van der Waals surface area contributed by atoms with Crippen molar-refractivity contribution in [1.82, 2.24) is 19.9 Å². The molecule has 2 N–H and O–H groups in total. The Labute approximate surface area is 179 Å². The summed E-state index contributed by atoms with van der Waals surface area (Å²) in [5, 5.41) is 4.10. The predicted octanol–water partition coefficient (Wildman–Crippen LogP) is 1.70. The largest absolute Gasteiger partial charge is 0.338 e. The van der Waals surface area contributed by atoms with Crippen molar-refractivity contribution in [2.45, 2.75) is 69.4 Å². The van der Waals surface area contributed by atoms with Gasteiger partial charge in [0.05, 0.1) is 6.54 Å². The third-order valence-electron chi connectivity index (χ3n) is 6.30. The van der Waals surface area contributed by atoms with Crippen LogP contribution in [0.4, 0.5) is 14.7 Å². The summed E-state index contributed by atoms with van der Waals surface area (Å²) in [7, 11) is 0. The number of piperidine rings is 2. The van der Waals surface area contributed by atoms with Gasteiger partial charge in [-0.2, -0.15) is 4.98 Å². The summed E-state index contributed by atoms with van der Waals surface area (Å²) in [4.78, 5) is 34.2. The molecule has 3 fully saturated rings. The number of carbonyl (C=O) groups is 2. The maximum Gasteiger partial charge on any atom is 0.266 e. The number of halogens is 2. The molecule has 4 rings (SSSR count). The third kappa shape index (κ3) is 5.13. The number of anilines is 1. The SMILES string of the molecule is N[C@@H](CC(=O)N1CCC[C@H]1c1nc(N2CCCCC2)no1)CN1CC(F)(F)CCC1=O. The van der Waals surface area contributed by atoms with E-state index in [0.29, 0.717) is 18.4 Å². The Hall–Kier alpha value is -2.30. The van der Waals surface area contributed by atoms with Crippen molar-refractivity contribution in [3.05, 3.63) is 5.89 Å². The van der Waals surface area contributed by atoms with Crippen LogP contribution in [0.5, 0.6) is 0 Å². The van der Waals surface area contributed by atoms with E-state index in [0.717, 1.165) is 43.7 Å². The molecule has 172 valence electrons. The number of alkyl halides is 2. The number of nitrogens with zero attached hydrogens (tertiary/aromatic N) is 5. The van der Waals surface area contributed by atoms with E-state index >= 15 is 0 Å². The molecule has 0 unspecified atom stereocenters. The summed E-state index contributed by atoms with van der Waals surface area (Å²) in [5.41, 5.74) is 6.07. The number of hydrogen-bond acceptors (Lipinski definition) is 7. The second-order valence-corrected chi connectivity index (χ2v) is 8.82. The van der Waals surface area contributed by atoms with Gasteiger partial charge in [0.2, 0.25) is 11.8 Å². The minimum Gasteiger partial charge on any atom is -0.338 e. The molecule has 1 aromatic rings. The lowest BCUT2D eigenvalue weighted by Crippen LogP contribution is -2.51. The first-order valence-electron chi connectivity index (χ1n) is 11.1. The minimum absolute atomic E-state index is 0.0288. The molecule has 9 nitrogen and oxygen atoms in total. The molecule has 2 amide bonds. The summed E-state index contributed by atoms with van der Waals surface area (Å²) < 4.78 is 32.7. The Kier molecular flexibility index (Phi) is 6.40. The Balaban J connectivity index is 1.34. The van der Waals surface area contributed by atoms with Crippen LogP contribution in [0, 0.1) is 0 Å². The van der Waals surface area contributed by atoms with E-state index in [2.05, 4.69) is 15.0 Å². The second kappa shape index (κ2) is 9.05. The molecule has 31 heavy (non-hydrogen) atoms. The second-order valence-electron chi connectivity index (χ2n) is 8.82. The summed E-state index contributed by atoms with van der Waals surface area (Å²) in [6.07, 6.45) is 4.27. The highest BCUT2D eigenvalue weighted by atomic mass is 19.3. The minimum atomic E-state index is -2.90. The number of rotatable bonds is 6.